The average Bonchev–Trinajstić information content (AvgIpc) is 3.66. The lowest BCUT2D eigenvalue weighted by Crippen LogP contribution is -2.66. The van der Waals surface area contributed by atoms with Crippen LogP contribution < -0.4 is 25.8 Å². The molecule has 2 saturated heterocycles. The molecule has 3 aromatic carbocycles. The van der Waals surface area contributed by atoms with Gasteiger partial charge in [-0.25, -0.2) is 14.8 Å². The van der Waals surface area contributed by atoms with Crippen molar-refractivity contribution in [2.75, 3.05) is 44.4 Å². The molecule has 2 atom stereocenters. The number of thiazole rings is 1. The number of methoxy groups -OCH3 is 1. The summed E-state index contributed by atoms with van der Waals surface area (Å²) in [7, 11) is 1.58. The number of carbonyl (C=O) groups excluding carboxylic acids is 4. The molecule has 50 heavy (non-hydrogen) atoms. The van der Waals surface area contributed by atoms with Crippen LogP contribution in [-0.2, 0) is 33.9 Å². The first kappa shape index (κ1) is 32.7. The van der Waals surface area contributed by atoms with Gasteiger partial charge in [-0.1, -0.05) is 47.6 Å². The fourth-order valence-electron chi connectivity index (χ4n) is 6.60. The van der Waals surface area contributed by atoms with Gasteiger partial charge < -0.3 is 35.6 Å². The summed E-state index contributed by atoms with van der Waals surface area (Å²) in [5, 5.41) is 9.12. The Morgan fingerprint density at radius 2 is 1.98 bits per heavy atom. The number of ether oxygens (including phenoxy) is 2. The number of aromatic nitrogens is 1. The minimum absolute atomic E-state index is 0.0819. The predicted molar refractivity (Wildman–Crippen MR) is 186 cm³/mol. The van der Waals surface area contributed by atoms with Crippen molar-refractivity contribution in [1.82, 2.24) is 30.1 Å². The number of nitrogens with two attached hydrogens (primary N) is 1. The minimum atomic E-state index is -0.917. The molecule has 3 aliphatic heterocycles. The number of fused-ring (bicyclic) bond motifs is 3. The van der Waals surface area contributed by atoms with E-state index < -0.39 is 18.2 Å². The van der Waals surface area contributed by atoms with Gasteiger partial charge in [0, 0.05) is 19.5 Å². The van der Waals surface area contributed by atoms with Crippen LogP contribution in [0.25, 0.3) is 10.2 Å². The maximum absolute atomic E-state index is 14.4. The molecule has 4 N–H and O–H groups in total. The van der Waals surface area contributed by atoms with Crippen LogP contribution in [0, 0.1) is 12.3 Å². The third kappa shape index (κ3) is 6.33. The van der Waals surface area contributed by atoms with E-state index in [9.17, 15) is 19.2 Å². The quantitative estimate of drug-likeness (QED) is 0.224. The number of hydrogen-bond acceptors (Lipinski definition) is 10. The van der Waals surface area contributed by atoms with E-state index in [1.807, 2.05) is 36.4 Å². The first-order valence-electron chi connectivity index (χ1n) is 15.9. The number of hydrazine groups is 1. The second-order valence-electron chi connectivity index (χ2n) is 12.1. The maximum Gasteiger partial charge on any atom is 0.333 e. The summed E-state index contributed by atoms with van der Waals surface area (Å²) in [5.41, 5.74) is 9.59. The number of piperazine rings is 1. The molecule has 0 radical (unpaired) electrons. The number of terminal acetylenes is 1. The highest BCUT2D eigenvalue weighted by atomic mass is 32.1. The van der Waals surface area contributed by atoms with Crippen molar-refractivity contribution in [1.29, 1.82) is 0 Å². The van der Waals surface area contributed by atoms with E-state index >= 15 is 0 Å². The van der Waals surface area contributed by atoms with Crippen LogP contribution in [0.3, 0.4) is 0 Å². The molecule has 3 aliphatic rings. The Morgan fingerprint density at radius 1 is 1.18 bits per heavy atom. The van der Waals surface area contributed by atoms with Gasteiger partial charge >= 0.3 is 6.03 Å². The molecule has 1 aromatic heterocycles. The first-order valence-corrected chi connectivity index (χ1v) is 16.7. The zero-order valence-corrected chi connectivity index (χ0v) is 27.9. The number of nitrogens with one attached hydrogen (secondary N) is 2. The van der Waals surface area contributed by atoms with Crippen molar-refractivity contribution in [3.63, 3.8) is 0 Å². The predicted octanol–water partition coefficient (Wildman–Crippen LogP) is 2.40. The second-order valence-corrected chi connectivity index (χ2v) is 13.1. The number of amides is 5. The van der Waals surface area contributed by atoms with E-state index in [2.05, 4.69) is 21.5 Å². The highest BCUT2D eigenvalue weighted by Gasteiger charge is 2.52. The van der Waals surface area contributed by atoms with Crippen LogP contribution in [0.15, 0.2) is 60.7 Å². The average molecular weight is 695 g/mol. The first-order chi connectivity index (χ1) is 24.2. The lowest BCUT2D eigenvalue weighted by molar-refractivity contribution is -0.157. The summed E-state index contributed by atoms with van der Waals surface area (Å²) >= 11 is 1.36. The Kier molecular flexibility index (Phi) is 8.87. The zero-order chi connectivity index (χ0) is 34.9. The Labute approximate surface area is 291 Å². The van der Waals surface area contributed by atoms with Crippen molar-refractivity contribution in [2.24, 2.45) is 0 Å². The van der Waals surface area contributed by atoms with E-state index in [0.717, 1.165) is 15.8 Å². The van der Waals surface area contributed by atoms with Gasteiger partial charge in [0.1, 0.15) is 23.7 Å². The van der Waals surface area contributed by atoms with Gasteiger partial charge in [0.25, 0.3) is 5.91 Å². The molecule has 0 spiro atoms. The molecule has 5 amide bonds. The normalized spacial score (nSPS) is 18.6. The number of hydrogen-bond donors (Lipinski definition) is 3. The molecular formula is C35H34N8O6S. The molecule has 0 aliphatic carbocycles. The van der Waals surface area contributed by atoms with E-state index in [1.54, 1.807) is 46.2 Å². The van der Waals surface area contributed by atoms with Crippen LogP contribution in [0.1, 0.15) is 16.7 Å². The van der Waals surface area contributed by atoms with E-state index in [1.165, 1.54) is 16.3 Å². The van der Waals surface area contributed by atoms with Crippen LogP contribution >= 0.6 is 11.3 Å². The third-order valence-electron chi connectivity index (χ3n) is 8.94. The number of benzene rings is 3. The number of anilines is 2. The van der Waals surface area contributed by atoms with Crippen molar-refractivity contribution in [3.8, 4) is 23.8 Å². The molecule has 2 fully saturated rings. The monoisotopic (exact) mass is 694 g/mol. The Hall–Kier alpha value is -5.85. The van der Waals surface area contributed by atoms with Crippen LogP contribution in [0.4, 0.5) is 15.6 Å². The van der Waals surface area contributed by atoms with Gasteiger partial charge in [-0.2, -0.15) is 5.01 Å². The van der Waals surface area contributed by atoms with Crippen LogP contribution in [-0.4, -0.2) is 94.1 Å². The van der Waals surface area contributed by atoms with Crippen LogP contribution in [0.5, 0.6) is 11.5 Å². The van der Waals surface area contributed by atoms with Crippen molar-refractivity contribution in [3.05, 3.63) is 77.4 Å². The number of para-hydroxylation sites is 1. The van der Waals surface area contributed by atoms with Gasteiger partial charge in [0.15, 0.2) is 11.7 Å². The minimum Gasteiger partial charge on any atom is -0.497 e. The number of rotatable bonds is 9. The largest absolute Gasteiger partial charge is 0.497 e. The summed E-state index contributed by atoms with van der Waals surface area (Å²) in [6, 6.07) is 16.9. The smallest absolute Gasteiger partial charge is 0.333 e. The molecule has 4 aromatic rings. The molecule has 0 saturated carbocycles. The van der Waals surface area contributed by atoms with Gasteiger partial charge in [0.05, 0.1) is 42.6 Å². The van der Waals surface area contributed by atoms with E-state index in [-0.39, 0.29) is 63.5 Å². The van der Waals surface area contributed by atoms with Gasteiger partial charge in [0.2, 0.25) is 11.8 Å². The Balaban J connectivity index is 1.19. The van der Waals surface area contributed by atoms with E-state index in [0.29, 0.717) is 33.4 Å². The molecule has 4 heterocycles. The number of nitrogens with zero attached hydrogens (tertiary/aromatic N) is 5. The maximum atomic E-state index is 14.4. The molecule has 0 bridgehead atoms. The van der Waals surface area contributed by atoms with Gasteiger partial charge in [-0.05, 0) is 47.0 Å². The number of nitrogen functional groups attached to an aromatic ring is 1. The summed E-state index contributed by atoms with van der Waals surface area (Å²) < 4.78 is 11.6. The summed E-state index contributed by atoms with van der Waals surface area (Å²) in [6.07, 6.45) is 5.20. The van der Waals surface area contributed by atoms with Crippen molar-refractivity contribution >= 4 is 56.1 Å². The SMILES string of the molecule is C#CCN(C(=O)NCc1ccc(OC)cc1)N1CC(=O)N2[C@@H](Cc3ccc4c(c3)NC(=O)CO4)C(=O)N(Cc3cccc4sc(N)nc34)C[C@@H]21. The molecule has 256 valence electrons. The topological polar surface area (TPSA) is 163 Å². The van der Waals surface area contributed by atoms with Gasteiger partial charge in [-0.3, -0.25) is 14.4 Å². The van der Waals surface area contributed by atoms with E-state index in [4.69, 9.17) is 21.6 Å². The highest BCUT2D eigenvalue weighted by molar-refractivity contribution is 7.22. The molecule has 0 unspecified atom stereocenters. The number of urea groups is 1. The van der Waals surface area contributed by atoms with Crippen molar-refractivity contribution < 1.29 is 28.7 Å². The third-order valence-corrected chi connectivity index (χ3v) is 9.79. The Morgan fingerprint density at radius 3 is 2.76 bits per heavy atom. The lowest BCUT2D eigenvalue weighted by Gasteiger charge is -2.46. The van der Waals surface area contributed by atoms with Gasteiger partial charge in [-0.15, -0.1) is 6.42 Å². The summed E-state index contributed by atoms with van der Waals surface area (Å²) in [5.74, 6) is 2.90. The molecular weight excluding hydrogens is 661 g/mol. The molecule has 14 nitrogen and oxygen atoms in total. The van der Waals surface area contributed by atoms with Crippen molar-refractivity contribution in [2.45, 2.75) is 31.7 Å². The highest BCUT2D eigenvalue weighted by Crippen LogP contribution is 2.34. The number of carbonyl (C=O) groups is 4. The second kappa shape index (κ2) is 13.6. The standard InChI is InChI=1S/C35H34N8O6S/c1-3-13-41(35(47)37-16-21-7-10-24(48-2)11-8-21)42-19-31(45)43-26(15-22-9-12-27-25(14-22)38-29(44)20-49-27)33(46)40(18-30(42)43)17-23-5-4-6-28-32(23)39-34(36)50-28/h1,4-12,14,26,30H,13,15-20H2,2H3,(H2,36,39)(H,37,47)(H,38,44)/t26-,30+/m0/s1. The summed E-state index contributed by atoms with van der Waals surface area (Å²) in [4.78, 5) is 61.7. The molecule has 7 rings (SSSR count). The fourth-order valence-corrected chi connectivity index (χ4v) is 7.39. The molecule has 15 heteroatoms. The van der Waals surface area contributed by atoms with Crippen LogP contribution in [0.2, 0.25) is 0 Å². The fraction of sp³-hybridized carbons (Fsp3) is 0.286. The zero-order valence-electron chi connectivity index (χ0n) is 27.1. The summed E-state index contributed by atoms with van der Waals surface area (Å²) in [6.45, 7) is 0.181. The Bertz CT molecular complexity index is 2030. The lowest BCUT2D eigenvalue weighted by atomic mass is 9.99.